The molecule has 1 heterocycles. The maximum absolute atomic E-state index is 13.5. The van der Waals surface area contributed by atoms with Crippen LogP contribution in [0.5, 0.6) is 10.8 Å². The van der Waals surface area contributed by atoms with Gasteiger partial charge in [0.2, 0.25) is 5.06 Å². The lowest BCUT2D eigenvalue weighted by Gasteiger charge is -2.04. The number of benzene rings is 2. The summed E-state index contributed by atoms with van der Waals surface area (Å²) >= 11 is 7.50. The van der Waals surface area contributed by atoms with Crippen molar-refractivity contribution in [3.8, 4) is 10.8 Å². The summed E-state index contributed by atoms with van der Waals surface area (Å²) in [5, 5.41) is 1.68. The smallest absolute Gasteiger partial charge is 0.200 e. The van der Waals surface area contributed by atoms with Crippen LogP contribution in [0.2, 0.25) is 5.02 Å². The van der Waals surface area contributed by atoms with E-state index in [4.69, 9.17) is 16.3 Å². The Morgan fingerprint density at radius 1 is 1.05 bits per heavy atom. The van der Waals surface area contributed by atoms with Crippen molar-refractivity contribution < 1.29 is 13.5 Å². The summed E-state index contributed by atoms with van der Waals surface area (Å²) in [7, 11) is 0. The molecule has 0 saturated carbocycles. The number of ether oxygens (including phenoxy) is 1. The predicted octanol–water partition coefficient (Wildman–Crippen LogP) is 5.63. The first-order chi connectivity index (χ1) is 9.15. The molecule has 1 aromatic heterocycles. The first-order valence-electron chi connectivity index (χ1n) is 5.45. The Bertz CT molecular complexity index is 754. The molecule has 0 aliphatic rings. The molecule has 0 atom stereocenters. The van der Waals surface area contributed by atoms with Crippen molar-refractivity contribution in [1.82, 2.24) is 0 Å². The Morgan fingerprint density at radius 2 is 1.84 bits per heavy atom. The Balaban J connectivity index is 2.03. The van der Waals surface area contributed by atoms with Crippen molar-refractivity contribution >= 4 is 33.0 Å². The first kappa shape index (κ1) is 12.4. The van der Waals surface area contributed by atoms with Crippen LogP contribution in [0.3, 0.4) is 0 Å². The molecular formula is C14H7ClF2OS. The Morgan fingerprint density at radius 3 is 2.58 bits per heavy atom. The summed E-state index contributed by atoms with van der Waals surface area (Å²) in [5.41, 5.74) is 0. The van der Waals surface area contributed by atoms with Crippen LogP contribution >= 0.6 is 22.9 Å². The summed E-state index contributed by atoms with van der Waals surface area (Å²) in [5.74, 6) is -1.45. The van der Waals surface area contributed by atoms with Gasteiger partial charge in [-0.25, -0.2) is 8.78 Å². The van der Waals surface area contributed by atoms with E-state index in [2.05, 4.69) is 0 Å². The van der Waals surface area contributed by atoms with Crippen LogP contribution in [0.4, 0.5) is 8.78 Å². The highest BCUT2D eigenvalue weighted by Crippen LogP contribution is 2.43. The average molecular weight is 297 g/mol. The number of fused-ring (bicyclic) bond motifs is 1. The number of hydrogen-bond donors (Lipinski definition) is 0. The molecule has 0 aliphatic heterocycles. The van der Waals surface area contributed by atoms with Crippen molar-refractivity contribution in [3.05, 3.63) is 59.1 Å². The van der Waals surface area contributed by atoms with Gasteiger partial charge in [0.25, 0.3) is 0 Å². The summed E-state index contributed by atoms with van der Waals surface area (Å²) in [6, 6.07) is 10.7. The van der Waals surface area contributed by atoms with E-state index in [1.54, 1.807) is 0 Å². The SMILES string of the molecule is Fc1ccc(Oc2sc3ccccc3c2Cl)c(F)c1. The van der Waals surface area contributed by atoms with E-state index >= 15 is 0 Å². The maximum atomic E-state index is 13.5. The number of hydrogen-bond acceptors (Lipinski definition) is 2. The molecule has 96 valence electrons. The lowest BCUT2D eigenvalue weighted by atomic mass is 10.3. The van der Waals surface area contributed by atoms with Gasteiger partial charge in [-0.15, -0.1) is 0 Å². The van der Waals surface area contributed by atoms with Gasteiger partial charge in [-0.1, -0.05) is 41.1 Å². The van der Waals surface area contributed by atoms with Crippen LogP contribution in [-0.4, -0.2) is 0 Å². The van der Waals surface area contributed by atoms with Crippen molar-refractivity contribution in [1.29, 1.82) is 0 Å². The van der Waals surface area contributed by atoms with Gasteiger partial charge in [0.05, 0.1) is 0 Å². The van der Waals surface area contributed by atoms with E-state index in [0.717, 1.165) is 22.2 Å². The van der Waals surface area contributed by atoms with Crippen LogP contribution in [0.1, 0.15) is 0 Å². The largest absolute Gasteiger partial charge is 0.442 e. The Hall–Kier alpha value is -1.65. The van der Waals surface area contributed by atoms with Gasteiger partial charge in [0.1, 0.15) is 10.8 Å². The molecule has 2 aromatic carbocycles. The van der Waals surface area contributed by atoms with E-state index in [1.165, 1.54) is 17.4 Å². The highest BCUT2D eigenvalue weighted by Gasteiger charge is 2.14. The summed E-state index contributed by atoms with van der Waals surface area (Å²) in [4.78, 5) is 0. The minimum Gasteiger partial charge on any atom is -0.442 e. The molecule has 0 amide bonds. The fourth-order valence-electron chi connectivity index (χ4n) is 1.72. The van der Waals surface area contributed by atoms with Gasteiger partial charge in [0.15, 0.2) is 11.6 Å². The second-order valence-corrected chi connectivity index (χ2v) is 5.27. The second kappa shape index (κ2) is 4.79. The van der Waals surface area contributed by atoms with Crippen LogP contribution < -0.4 is 4.74 Å². The molecule has 3 rings (SSSR count). The highest BCUT2D eigenvalue weighted by molar-refractivity contribution is 7.21. The zero-order chi connectivity index (χ0) is 13.4. The number of halogens is 3. The molecule has 5 heteroatoms. The minimum atomic E-state index is -0.756. The topological polar surface area (TPSA) is 9.23 Å². The molecule has 0 fully saturated rings. The predicted molar refractivity (Wildman–Crippen MR) is 73.3 cm³/mol. The fourth-order valence-corrected chi connectivity index (χ4v) is 3.05. The minimum absolute atomic E-state index is 0.0464. The van der Waals surface area contributed by atoms with Gasteiger partial charge in [-0.2, -0.15) is 0 Å². The van der Waals surface area contributed by atoms with E-state index < -0.39 is 11.6 Å². The molecule has 0 unspecified atom stereocenters. The van der Waals surface area contributed by atoms with E-state index in [0.29, 0.717) is 10.1 Å². The molecule has 19 heavy (non-hydrogen) atoms. The third kappa shape index (κ3) is 2.29. The van der Waals surface area contributed by atoms with Crippen LogP contribution in [0, 0.1) is 11.6 Å². The van der Waals surface area contributed by atoms with Crippen molar-refractivity contribution in [2.75, 3.05) is 0 Å². The van der Waals surface area contributed by atoms with Crippen molar-refractivity contribution in [2.24, 2.45) is 0 Å². The summed E-state index contributed by atoms with van der Waals surface area (Å²) < 4.78 is 32.7. The standard InChI is InChI=1S/C14H7ClF2OS/c15-13-9-3-1-2-4-12(9)19-14(13)18-11-6-5-8(16)7-10(11)17/h1-7H. The van der Waals surface area contributed by atoms with Gasteiger partial charge >= 0.3 is 0 Å². The molecule has 3 aromatic rings. The lowest BCUT2D eigenvalue weighted by Crippen LogP contribution is -1.87. The first-order valence-corrected chi connectivity index (χ1v) is 6.64. The normalized spacial score (nSPS) is 10.9. The average Bonchev–Trinajstić information content (AvgIpc) is 2.70. The molecule has 0 aliphatic carbocycles. The maximum Gasteiger partial charge on any atom is 0.200 e. The Kier molecular flexibility index (Phi) is 3.12. The van der Waals surface area contributed by atoms with Crippen LogP contribution in [0.25, 0.3) is 10.1 Å². The van der Waals surface area contributed by atoms with E-state index in [1.807, 2.05) is 24.3 Å². The lowest BCUT2D eigenvalue weighted by molar-refractivity contribution is 0.448. The molecule has 0 spiro atoms. The second-order valence-electron chi connectivity index (χ2n) is 3.88. The summed E-state index contributed by atoms with van der Waals surface area (Å²) in [6.07, 6.45) is 0. The molecular weight excluding hydrogens is 290 g/mol. The zero-order valence-electron chi connectivity index (χ0n) is 9.49. The monoisotopic (exact) mass is 296 g/mol. The quantitative estimate of drug-likeness (QED) is 0.596. The van der Waals surface area contributed by atoms with E-state index in [9.17, 15) is 8.78 Å². The zero-order valence-corrected chi connectivity index (χ0v) is 11.1. The van der Waals surface area contributed by atoms with Gasteiger partial charge in [-0.3, -0.25) is 0 Å². The fraction of sp³-hybridized carbons (Fsp3) is 0. The highest BCUT2D eigenvalue weighted by atomic mass is 35.5. The van der Waals surface area contributed by atoms with Gasteiger partial charge in [0, 0.05) is 16.2 Å². The molecule has 0 saturated heterocycles. The number of rotatable bonds is 2. The van der Waals surface area contributed by atoms with Crippen molar-refractivity contribution in [3.63, 3.8) is 0 Å². The molecule has 0 N–H and O–H groups in total. The van der Waals surface area contributed by atoms with Gasteiger partial charge in [-0.05, 0) is 18.2 Å². The molecule has 1 nitrogen and oxygen atoms in total. The van der Waals surface area contributed by atoms with Crippen LogP contribution in [-0.2, 0) is 0 Å². The Labute approximate surface area is 117 Å². The van der Waals surface area contributed by atoms with Gasteiger partial charge < -0.3 is 4.74 Å². The van der Waals surface area contributed by atoms with Crippen molar-refractivity contribution in [2.45, 2.75) is 0 Å². The number of thiophene rings is 1. The third-order valence-electron chi connectivity index (χ3n) is 2.60. The van der Waals surface area contributed by atoms with Crippen LogP contribution in [0.15, 0.2) is 42.5 Å². The third-order valence-corrected chi connectivity index (χ3v) is 4.14. The summed E-state index contributed by atoms with van der Waals surface area (Å²) in [6.45, 7) is 0. The van der Waals surface area contributed by atoms with E-state index in [-0.39, 0.29) is 5.75 Å². The molecule has 0 radical (unpaired) electrons. The molecule has 0 bridgehead atoms.